The maximum absolute atomic E-state index is 13.2. The molecule has 20 heteroatoms. The summed E-state index contributed by atoms with van der Waals surface area (Å²) >= 11 is 5.55. The number of H-pyrrole nitrogens is 2. The molecule has 0 radical (unpaired) electrons. The standard InChI is InChI=1S/C43H47N4O14PS/c1-25-21-46(41(51)44-39(25)49)37-19-33(58-27(3)48)36(60-37)24-57-62(53,63)61-34-20-38(47-22-26(2)40(50)45-42(47)52)59-35(34)23-56-43(28-9-7-6-8-10-28,29-11-15-31(54-4)16-12-29)30-13-17-32(55-5)18-14-30/h6-18,21-22,33-38H,19-20,23-24H2,1-5H3,(H,53,63)(H,44,49,51)(H,45,50,52)/t33-,34-,35+,36+,37+,38+,62?/m0/s1. The lowest BCUT2D eigenvalue weighted by atomic mass is 9.80. The summed E-state index contributed by atoms with van der Waals surface area (Å²) in [6, 6.07) is 24.4. The third-order valence-corrected chi connectivity index (χ3v) is 12.5. The highest BCUT2D eigenvalue weighted by Crippen LogP contribution is 2.50. The summed E-state index contributed by atoms with van der Waals surface area (Å²) in [5.41, 5.74) is -1.15. The van der Waals surface area contributed by atoms with E-state index in [0.717, 1.165) is 16.7 Å². The van der Waals surface area contributed by atoms with Crippen LogP contribution in [-0.2, 0) is 50.2 Å². The van der Waals surface area contributed by atoms with Gasteiger partial charge in [-0.05, 0) is 66.6 Å². The number of aromatic amines is 2. The first kappa shape index (κ1) is 45.5. The van der Waals surface area contributed by atoms with Crippen molar-refractivity contribution in [1.82, 2.24) is 19.1 Å². The molecule has 0 saturated carbocycles. The van der Waals surface area contributed by atoms with E-state index in [9.17, 15) is 28.9 Å². The van der Waals surface area contributed by atoms with E-state index in [2.05, 4.69) is 9.97 Å². The minimum absolute atomic E-state index is 0.0185. The van der Waals surface area contributed by atoms with Crippen LogP contribution in [0.5, 0.6) is 11.5 Å². The number of esters is 1. The van der Waals surface area contributed by atoms with E-state index in [4.69, 9.17) is 49.3 Å². The molecule has 7 rings (SSSR count). The molecule has 3 aromatic carbocycles. The molecule has 0 amide bonds. The fraction of sp³-hybridized carbons (Fsp3) is 0.372. The SMILES string of the molecule is COc1ccc(C(OC[C@H]2O[C@@H](n3cc(C)c(=O)[nH]c3=O)C[C@@H]2OP(O)(=S)OC[C@H]2O[C@@H](n3cc(C)c(=O)[nH]c3=O)C[C@@H]2OC(C)=O)(c2ccccc2)c2ccc(OC)cc2)cc1. The van der Waals surface area contributed by atoms with Crippen LogP contribution in [0.2, 0.25) is 0 Å². The van der Waals surface area contributed by atoms with Gasteiger partial charge in [0.15, 0.2) is 0 Å². The van der Waals surface area contributed by atoms with Crippen LogP contribution < -0.4 is 32.0 Å². The molecule has 2 saturated heterocycles. The van der Waals surface area contributed by atoms with Gasteiger partial charge >= 0.3 is 24.1 Å². The zero-order chi connectivity index (χ0) is 45.1. The summed E-state index contributed by atoms with van der Waals surface area (Å²) < 4.78 is 50.6. The molecule has 0 aliphatic carbocycles. The van der Waals surface area contributed by atoms with Gasteiger partial charge in [0.1, 0.15) is 47.9 Å². The molecule has 2 aliphatic rings. The molecule has 2 aliphatic heterocycles. The van der Waals surface area contributed by atoms with Crippen molar-refractivity contribution in [2.24, 2.45) is 0 Å². The van der Waals surface area contributed by atoms with E-state index in [1.54, 1.807) is 21.1 Å². The molecule has 0 spiro atoms. The van der Waals surface area contributed by atoms with Crippen LogP contribution in [-0.4, -0.2) is 81.8 Å². The lowest BCUT2D eigenvalue weighted by molar-refractivity contribution is -0.150. The van der Waals surface area contributed by atoms with E-state index >= 15 is 0 Å². The van der Waals surface area contributed by atoms with Crippen LogP contribution >= 0.6 is 6.72 Å². The quantitative estimate of drug-likeness (QED) is 0.0727. The fourth-order valence-electron chi connectivity index (χ4n) is 7.74. The third-order valence-electron chi connectivity index (χ3n) is 10.9. The van der Waals surface area contributed by atoms with Gasteiger partial charge in [-0.25, -0.2) is 9.59 Å². The second-order valence-electron chi connectivity index (χ2n) is 15.1. The van der Waals surface area contributed by atoms with Crippen molar-refractivity contribution in [3.63, 3.8) is 0 Å². The van der Waals surface area contributed by atoms with Crippen molar-refractivity contribution in [1.29, 1.82) is 0 Å². The molecule has 7 atom stereocenters. The van der Waals surface area contributed by atoms with E-state index < -0.39 is 84.3 Å². The van der Waals surface area contributed by atoms with Gasteiger partial charge in [-0.1, -0.05) is 54.6 Å². The maximum atomic E-state index is 13.2. The number of carbonyl (C=O) groups is 1. The van der Waals surface area contributed by atoms with Gasteiger partial charge in [-0.2, -0.15) is 0 Å². The van der Waals surface area contributed by atoms with Crippen LogP contribution in [0.3, 0.4) is 0 Å². The largest absolute Gasteiger partial charge is 0.497 e. The molecule has 3 N–H and O–H groups in total. The topological polar surface area (TPSA) is 221 Å². The molecule has 2 fully saturated rings. The number of hydrogen-bond donors (Lipinski definition) is 3. The molecule has 5 aromatic rings. The van der Waals surface area contributed by atoms with Gasteiger partial charge in [-0.3, -0.25) is 33.5 Å². The Balaban J connectivity index is 1.20. The average Bonchev–Trinajstić information content (AvgIpc) is 3.86. The van der Waals surface area contributed by atoms with Crippen LogP contribution in [0.1, 0.15) is 60.0 Å². The van der Waals surface area contributed by atoms with Gasteiger partial charge < -0.3 is 42.4 Å². The van der Waals surface area contributed by atoms with Gasteiger partial charge in [0.25, 0.3) is 11.1 Å². The Morgan fingerprint density at radius 1 is 0.746 bits per heavy atom. The van der Waals surface area contributed by atoms with Crippen molar-refractivity contribution >= 4 is 24.5 Å². The summed E-state index contributed by atoms with van der Waals surface area (Å²) in [6.45, 7) is -0.566. The Bertz CT molecular complexity index is 2660. The maximum Gasteiger partial charge on any atom is 0.330 e. The number of hydrogen-bond acceptors (Lipinski definition) is 14. The number of rotatable bonds is 16. The number of aryl methyl sites for hydroxylation is 2. The van der Waals surface area contributed by atoms with Crippen molar-refractivity contribution < 1.29 is 47.2 Å². The molecule has 4 heterocycles. The van der Waals surface area contributed by atoms with Crippen molar-refractivity contribution in [2.45, 2.75) is 76.1 Å². The smallest absolute Gasteiger partial charge is 0.330 e. The third kappa shape index (κ3) is 10.0. The Morgan fingerprint density at radius 2 is 1.21 bits per heavy atom. The van der Waals surface area contributed by atoms with E-state index in [0.29, 0.717) is 11.5 Å². The number of ether oxygens (including phenoxy) is 6. The zero-order valence-corrected chi connectivity index (χ0v) is 36.7. The van der Waals surface area contributed by atoms with Crippen molar-refractivity contribution in [3.8, 4) is 11.5 Å². The summed E-state index contributed by atoms with van der Waals surface area (Å²) in [6.07, 6.45) is -3.32. The number of aromatic nitrogens is 4. The second-order valence-corrected chi connectivity index (χ2v) is 17.8. The number of carbonyl (C=O) groups excluding carboxylic acids is 1. The first-order valence-electron chi connectivity index (χ1n) is 19.9. The predicted molar refractivity (Wildman–Crippen MR) is 230 cm³/mol. The highest BCUT2D eigenvalue weighted by molar-refractivity contribution is 8.07. The van der Waals surface area contributed by atoms with Gasteiger partial charge in [-0.15, -0.1) is 0 Å². The summed E-state index contributed by atoms with van der Waals surface area (Å²) in [5, 5.41) is 0. The van der Waals surface area contributed by atoms with Crippen molar-refractivity contribution in [2.75, 3.05) is 27.4 Å². The highest BCUT2D eigenvalue weighted by atomic mass is 32.5. The monoisotopic (exact) mass is 906 g/mol. The van der Waals surface area contributed by atoms with Crippen LogP contribution in [0.15, 0.2) is 110 Å². The number of benzene rings is 3. The summed E-state index contributed by atoms with van der Waals surface area (Å²) in [4.78, 5) is 78.5. The summed E-state index contributed by atoms with van der Waals surface area (Å²) in [5.74, 6) is 0.623. The first-order chi connectivity index (χ1) is 30.1. The Kier molecular flexibility index (Phi) is 13.8. The van der Waals surface area contributed by atoms with E-state index in [1.165, 1.54) is 35.4 Å². The minimum Gasteiger partial charge on any atom is -0.497 e. The van der Waals surface area contributed by atoms with E-state index in [-0.39, 0.29) is 30.6 Å². The van der Waals surface area contributed by atoms with Gasteiger partial charge in [0, 0.05) is 43.3 Å². The Labute approximate surface area is 365 Å². The van der Waals surface area contributed by atoms with Gasteiger partial charge in [0.05, 0.1) is 33.5 Å². The first-order valence-corrected chi connectivity index (χ1v) is 22.5. The van der Waals surface area contributed by atoms with Crippen LogP contribution in [0, 0.1) is 13.8 Å². The lowest BCUT2D eigenvalue weighted by Gasteiger charge is -2.37. The molecule has 0 bridgehead atoms. The fourth-order valence-corrected chi connectivity index (χ4v) is 9.22. The molecule has 2 aromatic heterocycles. The van der Waals surface area contributed by atoms with Gasteiger partial charge in [0.2, 0.25) is 0 Å². The molecule has 63 heavy (non-hydrogen) atoms. The molecule has 334 valence electrons. The highest BCUT2D eigenvalue weighted by Gasteiger charge is 2.46. The van der Waals surface area contributed by atoms with Crippen molar-refractivity contribution in [3.05, 3.63) is 161 Å². The normalized spacial score (nSPS) is 22.1. The predicted octanol–water partition coefficient (Wildman–Crippen LogP) is 3.85. The molecular weight excluding hydrogens is 860 g/mol. The number of nitrogens with zero attached hydrogens (tertiary/aromatic N) is 2. The lowest BCUT2D eigenvalue weighted by Crippen LogP contribution is -2.38. The number of methoxy groups -OCH3 is 2. The number of nitrogens with one attached hydrogen (secondary N) is 2. The van der Waals surface area contributed by atoms with Crippen LogP contribution in [0.4, 0.5) is 0 Å². The summed E-state index contributed by atoms with van der Waals surface area (Å²) in [7, 11) is 3.14. The average molecular weight is 907 g/mol. The zero-order valence-electron chi connectivity index (χ0n) is 35.0. The molecule has 18 nitrogen and oxygen atoms in total. The second kappa shape index (κ2) is 19.1. The molecule has 1 unspecified atom stereocenters. The van der Waals surface area contributed by atoms with E-state index in [1.807, 2.05) is 78.9 Å². The van der Waals surface area contributed by atoms with Crippen LogP contribution in [0.25, 0.3) is 0 Å². The molecular formula is C43H47N4O14PS. The Hall–Kier alpha value is -5.50. The Morgan fingerprint density at radius 3 is 1.68 bits per heavy atom. The minimum atomic E-state index is -4.22.